The molecule has 0 spiro atoms. The summed E-state index contributed by atoms with van der Waals surface area (Å²) >= 11 is 0. The summed E-state index contributed by atoms with van der Waals surface area (Å²) < 4.78 is 29.6. The van der Waals surface area contributed by atoms with Crippen LogP contribution in [0.1, 0.15) is 31.7 Å². The fourth-order valence-corrected chi connectivity index (χ4v) is 2.53. The van der Waals surface area contributed by atoms with Crippen LogP contribution < -0.4 is 0 Å². The van der Waals surface area contributed by atoms with Gasteiger partial charge < -0.3 is 4.90 Å². The number of hydrogen-bond acceptors (Lipinski definition) is 4. The van der Waals surface area contributed by atoms with Crippen LogP contribution in [0.5, 0.6) is 0 Å². The van der Waals surface area contributed by atoms with Crippen molar-refractivity contribution in [3.8, 4) is 0 Å². The topological polar surface area (TPSA) is 74.7 Å². The monoisotopic (exact) mass is 313 g/mol. The van der Waals surface area contributed by atoms with E-state index in [2.05, 4.69) is 11.8 Å². The molecule has 0 radical (unpaired) electrons. The molecule has 21 heavy (non-hydrogen) atoms. The second-order valence-corrected chi connectivity index (χ2v) is 6.59. The van der Waals surface area contributed by atoms with E-state index in [4.69, 9.17) is 4.55 Å². The summed E-state index contributed by atoms with van der Waals surface area (Å²) in [4.78, 5) is 13.1. The summed E-state index contributed by atoms with van der Waals surface area (Å²) in [5, 5.41) is 0. The first-order valence-corrected chi connectivity index (χ1v) is 8.55. The molecule has 1 aromatic rings. The number of nitrogens with zero attached hydrogens (tertiary/aromatic N) is 1. The average Bonchev–Trinajstić information content (AvgIpc) is 2.42. The lowest BCUT2D eigenvalue weighted by molar-refractivity contribution is -0.121. The van der Waals surface area contributed by atoms with Crippen LogP contribution in [-0.2, 0) is 14.9 Å². The van der Waals surface area contributed by atoms with Crippen molar-refractivity contribution in [3.05, 3.63) is 29.8 Å². The predicted octanol–water partition coefficient (Wildman–Crippen LogP) is 2.30. The van der Waals surface area contributed by atoms with Gasteiger partial charge in [0.1, 0.15) is 5.78 Å². The van der Waals surface area contributed by atoms with Gasteiger partial charge in [-0.2, -0.15) is 8.42 Å². The largest absolute Gasteiger partial charge is 0.302 e. The molecule has 0 atom stereocenters. The molecular formula is C15H23NO4S. The number of Topliss-reactive ketones (excluding diaryl/α,β-unsaturated/α-hetero) is 1. The third-order valence-electron chi connectivity index (χ3n) is 3.27. The van der Waals surface area contributed by atoms with Crippen LogP contribution in [0, 0.1) is 6.92 Å². The summed E-state index contributed by atoms with van der Waals surface area (Å²) in [6, 6.07) is 5.99. The van der Waals surface area contributed by atoms with Crippen molar-refractivity contribution >= 4 is 15.9 Å². The van der Waals surface area contributed by atoms with Crippen LogP contribution in [0.15, 0.2) is 29.2 Å². The van der Waals surface area contributed by atoms with E-state index >= 15 is 0 Å². The number of carbonyl (C=O) groups excluding carboxylic acids is 1. The van der Waals surface area contributed by atoms with Gasteiger partial charge in [-0.25, -0.2) is 0 Å². The number of piperidine rings is 1. The van der Waals surface area contributed by atoms with Crippen molar-refractivity contribution < 1.29 is 17.8 Å². The summed E-state index contributed by atoms with van der Waals surface area (Å²) in [5.74, 6) is 0.437. The Balaban J connectivity index is 0.000000211. The first kappa shape index (κ1) is 17.8. The van der Waals surface area contributed by atoms with Gasteiger partial charge in [-0.3, -0.25) is 9.35 Å². The Bertz CT molecular complexity index is 542. The molecule has 0 aliphatic carbocycles. The number of ketones is 1. The highest BCUT2D eigenvalue weighted by Crippen LogP contribution is 2.08. The van der Waals surface area contributed by atoms with Crippen molar-refractivity contribution in [2.75, 3.05) is 19.6 Å². The van der Waals surface area contributed by atoms with E-state index in [-0.39, 0.29) is 4.90 Å². The molecule has 0 amide bonds. The Labute approximate surface area is 126 Å². The number of likely N-dealkylation sites (tertiary alicyclic amines) is 1. The molecule has 1 aromatic carbocycles. The molecule has 1 aliphatic heterocycles. The maximum atomic E-state index is 10.8. The van der Waals surface area contributed by atoms with Gasteiger partial charge in [0, 0.05) is 25.9 Å². The molecule has 1 saturated heterocycles. The second kappa shape index (κ2) is 8.26. The van der Waals surface area contributed by atoms with Gasteiger partial charge in [0.05, 0.1) is 4.90 Å². The molecule has 0 aromatic heterocycles. The van der Waals surface area contributed by atoms with Crippen LogP contribution >= 0.6 is 0 Å². The Morgan fingerprint density at radius 2 is 1.67 bits per heavy atom. The van der Waals surface area contributed by atoms with E-state index in [1.54, 1.807) is 12.1 Å². The number of aryl methyl sites for hydroxylation is 1. The third-order valence-corrected chi connectivity index (χ3v) is 4.14. The highest BCUT2D eigenvalue weighted by atomic mass is 32.2. The molecule has 5 nitrogen and oxygen atoms in total. The van der Waals surface area contributed by atoms with Gasteiger partial charge in [0.2, 0.25) is 0 Å². The Hall–Kier alpha value is -1.24. The molecule has 0 saturated carbocycles. The minimum atomic E-state index is -4.02. The van der Waals surface area contributed by atoms with Crippen LogP contribution in [0.3, 0.4) is 0 Å². The zero-order chi connectivity index (χ0) is 15.9. The van der Waals surface area contributed by atoms with Gasteiger partial charge >= 0.3 is 0 Å². The second-order valence-electron chi connectivity index (χ2n) is 5.17. The number of rotatable bonds is 3. The molecule has 2 rings (SSSR count). The first-order chi connectivity index (χ1) is 9.82. The SMILES string of the molecule is CCCN1CCC(=O)CC1.Cc1ccc(S(=O)(=O)O)cc1. The van der Waals surface area contributed by atoms with Gasteiger partial charge in [-0.05, 0) is 32.0 Å². The van der Waals surface area contributed by atoms with E-state index < -0.39 is 10.1 Å². The number of benzene rings is 1. The van der Waals surface area contributed by atoms with Crippen molar-refractivity contribution in [1.29, 1.82) is 0 Å². The lowest BCUT2D eigenvalue weighted by atomic mass is 10.1. The zero-order valence-electron chi connectivity index (χ0n) is 12.6. The fourth-order valence-electron chi connectivity index (χ4n) is 2.05. The van der Waals surface area contributed by atoms with Crippen molar-refractivity contribution in [2.45, 2.75) is 38.0 Å². The Morgan fingerprint density at radius 3 is 2.10 bits per heavy atom. The average molecular weight is 313 g/mol. The molecule has 118 valence electrons. The van der Waals surface area contributed by atoms with Gasteiger partial charge in [0.25, 0.3) is 10.1 Å². The van der Waals surface area contributed by atoms with E-state index in [1.165, 1.54) is 18.6 Å². The predicted molar refractivity (Wildman–Crippen MR) is 82.0 cm³/mol. The molecule has 1 fully saturated rings. The molecular weight excluding hydrogens is 290 g/mol. The summed E-state index contributed by atoms with van der Waals surface area (Å²) in [6.07, 6.45) is 2.76. The van der Waals surface area contributed by atoms with E-state index in [0.29, 0.717) is 5.78 Å². The van der Waals surface area contributed by atoms with Gasteiger partial charge in [0.15, 0.2) is 0 Å². The van der Waals surface area contributed by atoms with E-state index in [1.807, 2.05) is 6.92 Å². The maximum absolute atomic E-state index is 10.8. The smallest absolute Gasteiger partial charge is 0.294 e. The van der Waals surface area contributed by atoms with E-state index in [0.717, 1.165) is 38.0 Å². The van der Waals surface area contributed by atoms with Gasteiger partial charge in [-0.1, -0.05) is 24.6 Å². The molecule has 0 unspecified atom stereocenters. The van der Waals surface area contributed by atoms with Crippen molar-refractivity contribution in [2.24, 2.45) is 0 Å². The third kappa shape index (κ3) is 6.84. The minimum Gasteiger partial charge on any atom is -0.302 e. The Morgan fingerprint density at radius 1 is 1.14 bits per heavy atom. The van der Waals surface area contributed by atoms with E-state index in [9.17, 15) is 13.2 Å². The number of hydrogen-bond donors (Lipinski definition) is 1. The minimum absolute atomic E-state index is 0.0666. The summed E-state index contributed by atoms with van der Waals surface area (Å²) in [5.41, 5.74) is 0.956. The first-order valence-electron chi connectivity index (χ1n) is 7.11. The van der Waals surface area contributed by atoms with Crippen LogP contribution in [0.4, 0.5) is 0 Å². The highest BCUT2D eigenvalue weighted by Gasteiger charge is 2.14. The fraction of sp³-hybridized carbons (Fsp3) is 0.533. The van der Waals surface area contributed by atoms with Crippen molar-refractivity contribution in [3.63, 3.8) is 0 Å². The van der Waals surface area contributed by atoms with Crippen LogP contribution in [-0.4, -0.2) is 43.3 Å². The highest BCUT2D eigenvalue weighted by molar-refractivity contribution is 7.85. The normalized spacial score (nSPS) is 16.2. The summed E-state index contributed by atoms with van der Waals surface area (Å²) in [7, 11) is -4.02. The van der Waals surface area contributed by atoms with Crippen LogP contribution in [0.2, 0.25) is 0 Å². The lowest BCUT2D eigenvalue weighted by Crippen LogP contribution is -2.34. The molecule has 6 heteroatoms. The standard InChI is InChI=1S/C8H15NO.C7H8O3S/c1-2-5-9-6-3-8(10)4-7-9;1-6-2-4-7(5-3-6)11(8,9)10/h2-7H2,1H3;2-5H,1H3,(H,8,9,10). The molecule has 0 bridgehead atoms. The van der Waals surface area contributed by atoms with Crippen LogP contribution in [0.25, 0.3) is 0 Å². The Kier molecular flexibility index (Phi) is 7.01. The van der Waals surface area contributed by atoms with Gasteiger partial charge in [-0.15, -0.1) is 0 Å². The zero-order valence-corrected chi connectivity index (χ0v) is 13.4. The summed E-state index contributed by atoms with van der Waals surface area (Å²) in [6.45, 7) is 7.16. The lowest BCUT2D eigenvalue weighted by Gasteiger charge is -2.24. The maximum Gasteiger partial charge on any atom is 0.294 e. The molecule has 1 aliphatic rings. The van der Waals surface area contributed by atoms with Crippen molar-refractivity contribution in [1.82, 2.24) is 4.90 Å². The quantitative estimate of drug-likeness (QED) is 0.867. The number of carbonyl (C=O) groups is 1. The molecule has 1 heterocycles. The molecule has 1 N–H and O–H groups in total.